The zero-order chi connectivity index (χ0) is 17.6. The molecule has 1 unspecified atom stereocenters. The molecule has 2 aliphatic rings. The number of benzene rings is 1. The molecule has 2 fully saturated rings. The van der Waals surface area contributed by atoms with Crippen LogP contribution in [0.15, 0.2) is 24.3 Å². The number of hydrogen-bond donors (Lipinski definition) is 3. The van der Waals surface area contributed by atoms with Crippen molar-refractivity contribution in [2.75, 3.05) is 18.4 Å². The summed E-state index contributed by atoms with van der Waals surface area (Å²) in [7, 11) is 0. The maximum atomic E-state index is 12.4. The minimum absolute atomic E-state index is 0. The Balaban J connectivity index is 0.00000243. The maximum absolute atomic E-state index is 12.4. The van der Waals surface area contributed by atoms with E-state index in [1.807, 2.05) is 31.2 Å². The van der Waals surface area contributed by atoms with Crippen LogP contribution in [0.2, 0.25) is 0 Å². The number of rotatable bonds is 6. The monoisotopic (exact) mass is 379 g/mol. The summed E-state index contributed by atoms with van der Waals surface area (Å²) in [5.74, 6) is 0.862. The van der Waals surface area contributed by atoms with E-state index in [-0.39, 0.29) is 36.1 Å². The van der Waals surface area contributed by atoms with Gasteiger partial charge in [0.05, 0.1) is 0 Å². The van der Waals surface area contributed by atoms with Crippen LogP contribution in [0.4, 0.5) is 5.69 Å². The Kier molecular flexibility index (Phi) is 7.91. The molecule has 0 aromatic heterocycles. The first-order valence-electron chi connectivity index (χ1n) is 9.51. The van der Waals surface area contributed by atoms with Gasteiger partial charge in [-0.05, 0) is 49.5 Å². The molecule has 1 atom stereocenters. The lowest BCUT2D eigenvalue weighted by Gasteiger charge is -2.31. The number of amides is 2. The molecular weight excluding hydrogens is 350 g/mol. The fourth-order valence-electron chi connectivity index (χ4n) is 3.60. The summed E-state index contributed by atoms with van der Waals surface area (Å²) in [6, 6.07) is 7.77. The van der Waals surface area contributed by atoms with E-state index in [2.05, 4.69) is 16.0 Å². The predicted molar refractivity (Wildman–Crippen MR) is 106 cm³/mol. The van der Waals surface area contributed by atoms with Crippen LogP contribution in [0.5, 0.6) is 0 Å². The van der Waals surface area contributed by atoms with Gasteiger partial charge in [0.15, 0.2) is 0 Å². The van der Waals surface area contributed by atoms with Crippen LogP contribution in [-0.4, -0.2) is 24.9 Å². The molecule has 5 nitrogen and oxygen atoms in total. The second kappa shape index (κ2) is 9.93. The fourth-order valence-corrected chi connectivity index (χ4v) is 3.60. The van der Waals surface area contributed by atoms with Gasteiger partial charge in [-0.2, -0.15) is 0 Å². The molecule has 1 saturated carbocycles. The molecule has 0 bridgehead atoms. The van der Waals surface area contributed by atoms with Crippen LogP contribution in [0.1, 0.15) is 44.6 Å². The molecule has 0 radical (unpaired) electrons. The van der Waals surface area contributed by atoms with E-state index in [1.54, 1.807) is 0 Å². The van der Waals surface area contributed by atoms with Gasteiger partial charge >= 0.3 is 0 Å². The predicted octanol–water partition coefficient (Wildman–Crippen LogP) is 3.10. The summed E-state index contributed by atoms with van der Waals surface area (Å²) in [5.41, 5.74) is 1.83. The number of carbonyl (C=O) groups excluding carboxylic acids is 2. The van der Waals surface area contributed by atoms with E-state index in [1.165, 1.54) is 6.42 Å². The van der Waals surface area contributed by atoms with E-state index >= 15 is 0 Å². The normalized spacial score (nSPS) is 19.0. The SMILES string of the molecule is CC(C(=O)NCc1cccc(NC(=O)C2CCCCC2)c1)C1CNC1.Cl. The van der Waals surface area contributed by atoms with Crippen LogP contribution in [-0.2, 0) is 16.1 Å². The minimum atomic E-state index is 0. The Bertz CT molecular complexity index is 613. The highest BCUT2D eigenvalue weighted by Crippen LogP contribution is 2.25. The summed E-state index contributed by atoms with van der Waals surface area (Å²) in [6.45, 7) is 4.34. The van der Waals surface area contributed by atoms with Crippen molar-refractivity contribution in [3.05, 3.63) is 29.8 Å². The van der Waals surface area contributed by atoms with Crippen molar-refractivity contribution >= 4 is 29.9 Å². The fraction of sp³-hybridized carbons (Fsp3) is 0.600. The number of carbonyl (C=O) groups is 2. The summed E-state index contributed by atoms with van der Waals surface area (Å²) in [4.78, 5) is 24.6. The number of hydrogen-bond acceptors (Lipinski definition) is 3. The van der Waals surface area contributed by atoms with Gasteiger partial charge in [0.25, 0.3) is 0 Å². The molecule has 6 heteroatoms. The lowest BCUT2D eigenvalue weighted by molar-refractivity contribution is -0.126. The van der Waals surface area contributed by atoms with Gasteiger partial charge in [-0.3, -0.25) is 9.59 Å². The molecule has 1 aliphatic carbocycles. The van der Waals surface area contributed by atoms with Crippen molar-refractivity contribution in [3.8, 4) is 0 Å². The summed E-state index contributed by atoms with van der Waals surface area (Å²) >= 11 is 0. The average Bonchev–Trinajstić information content (AvgIpc) is 2.59. The highest BCUT2D eigenvalue weighted by Gasteiger charge is 2.28. The Morgan fingerprint density at radius 1 is 1.19 bits per heavy atom. The number of nitrogens with one attached hydrogen (secondary N) is 3. The average molecular weight is 380 g/mol. The zero-order valence-corrected chi connectivity index (χ0v) is 16.2. The van der Waals surface area contributed by atoms with Crippen molar-refractivity contribution in [1.82, 2.24) is 10.6 Å². The molecule has 26 heavy (non-hydrogen) atoms. The van der Waals surface area contributed by atoms with Crippen LogP contribution in [0.25, 0.3) is 0 Å². The van der Waals surface area contributed by atoms with E-state index in [9.17, 15) is 9.59 Å². The van der Waals surface area contributed by atoms with Crippen LogP contribution in [0, 0.1) is 17.8 Å². The number of anilines is 1. The molecule has 1 aliphatic heterocycles. The maximum Gasteiger partial charge on any atom is 0.227 e. The number of halogens is 1. The second-order valence-corrected chi connectivity index (χ2v) is 7.45. The molecule has 0 spiro atoms. The Morgan fingerprint density at radius 3 is 2.58 bits per heavy atom. The standard InChI is InChI=1S/C20H29N3O2.ClH/c1-14(17-12-21-13-17)19(24)22-11-15-6-5-9-18(10-15)23-20(25)16-7-3-2-4-8-16;/h5-6,9-10,14,16-17,21H,2-4,7-8,11-13H2,1H3,(H,22,24)(H,23,25);1H. The third-order valence-electron chi connectivity index (χ3n) is 5.57. The van der Waals surface area contributed by atoms with Gasteiger partial charge in [-0.15, -0.1) is 12.4 Å². The van der Waals surface area contributed by atoms with Gasteiger partial charge < -0.3 is 16.0 Å². The lowest BCUT2D eigenvalue weighted by atomic mass is 9.88. The Hall–Kier alpha value is -1.59. The molecule has 3 rings (SSSR count). The zero-order valence-electron chi connectivity index (χ0n) is 15.4. The lowest BCUT2D eigenvalue weighted by Crippen LogP contribution is -2.49. The van der Waals surface area contributed by atoms with Gasteiger partial charge in [0.1, 0.15) is 0 Å². The van der Waals surface area contributed by atoms with Crippen molar-refractivity contribution < 1.29 is 9.59 Å². The summed E-state index contributed by atoms with van der Waals surface area (Å²) < 4.78 is 0. The Labute approximate surface area is 162 Å². The molecular formula is C20H30ClN3O2. The first-order valence-corrected chi connectivity index (χ1v) is 9.51. The van der Waals surface area contributed by atoms with Crippen LogP contribution >= 0.6 is 12.4 Å². The molecule has 2 amide bonds. The first-order chi connectivity index (χ1) is 12.1. The van der Waals surface area contributed by atoms with E-state index in [4.69, 9.17) is 0 Å². The quantitative estimate of drug-likeness (QED) is 0.711. The van der Waals surface area contributed by atoms with Crippen molar-refractivity contribution in [2.24, 2.45) is 17.8 Å². The smallest absolute Gasteiger partial charge is 0.227 e. The highest BCUT2D eigenvalue weighted by atomic mass is 35.5. The first kappa shape index (κ1) is 20.7. The van der Waals surface area contributed by atoms with Crippen molar-refractivity contribution in [2.45, 2.75) is 45.6 Å². The Morgan fingerprint density at radius 2 is 1.92 bits per heavy atom. The topological polar surface area (TPSA) is 70.2 Å². The summed E-state index contributed by atoms with van der Waals surface area (Å²) in [5, 5.41) is 9.25. The molecule has 1 aromatic carbocycles. The van der Waals surface area contributed by atoms with Gasteiger partial charge in [-0.1, -0.05) is 38.3 Å². The summed E-state index contributed by atoms with van der Waals surface area (Å²) in [6.07, 6.45) is 5.54. The minimum Gasteiger partial charge on any atom is -0.352 e. The highest BCUT2D eigenvalue weighted by molar-refractivity contribution is 5.92. The van der Waals surface area contributed by atoms with E-state index in [0.717, 1.165) is 50.0 Å². The van der Waals surface area contributed by atoms with Crippen LogP contribution in [0.3, 0.4) is 0 Å². The van der Waals surface area contributed by atoms with Crippen LogP contribution < -0.4 is 16.0 Å². The van der Waals surface area contributed by atoms with Gasteiger partial charge in [-0.25, -0.2) is 0 Å². The largest absolute Gasteiger partial charge is 0.352 e. The second-order valence-electron chi connectivity index (χ2n) is 7.45. The third-order valence-corrected chi connectivity index (χ3v) is 5.57. The van der Waals surface area contributed by atoms with Gasteiger partial charge in [0.2, 0.25) is 11.8 Å². The molecule has 1 saturated heterocycles. The van der Waals surface area contributed by atoms with Crippen molar-refractivity contribution in [1.29, 1.82) is 0 Å². The van der Waals surface area contributed by atoms with Crippen molar-refractivity contribution in [3.63, 3.8) is 0 Å². The van der Waals surface area contributed by atoms with E-state index in [0.29, 0.717) is 12.5 Å². The third kappa shape index (κ3) is 5.45. The molecule has 1 heterocycles. The molecule has 144 valence electrons. The van der Waals surface area contributed by atoms with Gasteiger partial charge in [0, 0.05) is 24.1 Å². The molecule has 3 N–H and O–H groups in total. The molecule has 1 aromatic rings. The van der Waals surface area contributed by atoms with E-state index < -0.39 is 0 Å².